The molecule has 0 saturated heterocycles. The lowest BCUT2D eigenvalue weighted by molar-refractivity contribution is 0.673. The Hall–Kier alpha value is -4.56. The van der Waals surface area contributed by atoms with Gasteiger partial charge in [0.25, 0.3) is 0 Å². The van der Waals surface area contributed by atoms with Crippen LogP contribution in [0, 0.1) is 0 Å². The van der Waals surface area contributed by atoms with Crippen molar-refractivity contribution >= 4 is 65.3 Å². The van der Waals surface area contributed by atoms with Crippen LogP contribution < -0.4 is 0 Å². The van der Waals surface area contributed by atoms with E-state index in [0.29, 0.717) is 0 Å². The molecule has 0 fully saturated rings. The maximum atomic E-state index is 6.61. The fraction of sp³-hybridized carbons (Fsp3) is 0. The van der Waals surface area contributed by atoms with Gasteiger partial charge in [0.15, 0.2) is 0 Å². The first kappa shape index (κ1) is 17.9. The molecule has 2 aromatic heterocycles. The van der Waals surface area contributed by atoms with Crippen LogP contribution in [0.4, 0.5) is 0 Å². The van der Waals surface area contributed by atoms with E-state index in [2.05, 4.69) is 120 Å². The molecule has 0 unspecified atom stereocenters. The number of rotatable bonds is 1. The summed E-state index contributed by atoms with van der Waals surface area (Å²) in [6.45, 7) is 0. The summed E-state index contributed by atoms with van der Waals surface area (Å²) in [5.74, 6) is 0. The third kappa shape index (κ3) is 2.24. The predicted octanol–water partition coefficient (Wildman–Crippen LogP) is 8.99. The zero-order chi connectivity index (χ0) is 22.2. The van der Waals surface area contributed by atoms with E-state index in [1.54, 1.807) is 0 Å². The fourth-order valence-corrected chi connectivity index (χ4v) is 5.72. The van der Waals surface area contributed by atoms with E-state index in [4.69, 9.17) is 4.42 Å². The van der Waals surface area contributed by atoms with E-state index in [9.17, 15) is 0 Å². The molecule has 6 aromatic carbocycles. The Kier molecular flexibility index (Phi) is 3.42. The van der Waals surface area contributed by atoms with Crippen LogP contribution in [-0.4, -0.2) is 4.57 Å². The Bertz CT molecular complexity index is 2070. The third-order valence-corrected chi connectivity index (χ3v) is 7.17. The van der Waals surface area contributed by atoms with Crippen LogP contribution >= 0.6 is 0 Å². The van der Waals surface area contributed by atoms with Gasteiger partial charge in [0.2, 0.25) is 0 Å². The molecular weight excluding hydrogens is 414 g/mol. The van der Waals surface area contributed by atoms with Crippen molar-refractivity contribution in [1.29, 1.82) is 0 Å². The standard InChI is InChI=1S/C32H19NO/c1-3-11-22-20(8-1)10-7-15-26(22)33-27-14-6-5-13-24(27)31-28(33)18-17-25-30-23-12-4-2-9-21(23)16-19-29(30)34-32(25)31/h1-19H. The van der Waals surface area contributed by atoms with E-state index in [1.165, 1.54) is 54.3 Å². The summed E-state index contributed by atoms with van der Waals surface area (Å²) >= 11 is 0. The highest BCUT2D eigenvalue weighted by Crippen LogP contribution is 2.42. The average molecular weight is 434 g/mol. The van der Waals surface area contributed by atoms with Crippen molar-refractivity contribution in [3.8, 4) is 5.69 Å². The van der Waals surface area contributed by atoms with Gasteiger partial charge in [-0.2, -0.15) is 0 Å². The Morgan fingerprint density at radius 2 is 1.15 bits per heavy atom. The number of furan rings is 1. The SMILES string of the molecule is c1ccc2c(-n3c4ccccc4c4c5oc6ccc7ccccc7c6c5ccc43)cccc2c1. The van der Waals surface area contributed by atoms with Gasteiger partial charge in [0, 0.05) is 21.5 Å². The summed E-state index contributed by atoms with van der Waals surface area (Å²) in [7, 11) is 0. The van der Waals surface area contributed by atoms with Gasteiger partial charge in [-0.05, 0) is 46.5 Å². The van der Waals surface area contributed by atoms with Crippen molar-refractivity contribution in [3.63, 3.8) is 0 Å². The normalized spacial score (nSPS) is 12.1. The number of hydrogen-bond acceptors (Lipinski definition) is 1. The van der Waals surface area contributed by atoms with Crippen LogP contribution in [0.5, 0.6) is 0 Å². The summed E-state index contributed by atoms with van der Waals surface area (Å²) < 4.78 is 8.99. The summed E-state index contributed by atoms with van der Waals surface area (Å²) in [5.41, 5.74) is 5.42. The number of para-hydroxylation sites is 1. The first-order valence-electron chi connectivity index (χ1n) is 11.6. The van der Waals surface area contributed by atoms with Crippen molar-refractivity contribution in [1.82, 2.24) is 4.57 Å². The van der Waals surface area contributed by atoms with Crippen LogP contribution in [0.1, 0.15) is 0 Å². The third-order valence-electron chi connectivity index (χ3n) is 7.17. The van der Waals surface area contributed by atoms with Gasteiger partial charge in [-0.3, -0.25) is 0 Å². The summed E-state index contributed by atoms with van der Waals surface area (Å²) in [4.78, 5) is 0. The minimum atomic E-state index is 0.934. The highest BCUT2D eigenvalue weighted by atomic mass is 16.3. The van der Waals surface area contributed by atoms with Crippen LogP contribution in [0.3, 0.4) is 0 Å². The van der Waals surface area contributed by atoms with Gasteiger partial charge < -0.3 is 8.98 Å². The molecule has 34 heavy (non-hydrogen) atoms. The first-order chi connectivity index (χ1) is 16.9. The molecule has 0 N–H and O–H groups in total. The van der Waals surface area contributed by atoms with Gasteiger partial charge in [-0.15, -0.1) is 0 Å². The Labute approximate surface area is 195 Å². The Morgan fingerprint density at radius 3 is 2.03 bits per heavy atom. The Balaban J connectivity index is 1.60. The van der Waals surface area contributed by atoms with E-state index in [0.717, 1.165) is 16.7 Å². The van der Waals surface area contributed by atoms with E-state index >= 15 is 0 Å². The number of fused-ring (bicyclic) bond motifs is 10. The van der Waals surface area contributed by atoms with E-state index < -0.39 is 0 Å². The molecule has 0 radical (unpaired) electrons. The molecular formula is C32H19NO. The molecule has 158 valence electrons. The van der Waals surface area contributed by atoms with Crippen LogP contribution in [0.15, 0.2) is 120 Å². The maximum Gasteiger partial charge on any atom is 0.145 e. The zero-order valence-corrected chi connectivity index (χ0v) is 18.3. The highest BCUT2D eigenvalue weighted by molar-refractivity contribution is 6.27. The second kappa shape index (κ2) is 6.49. The van der Waals surface area contributed by atoms with Crippen LogP contribution in [0.2, 0.25) is 0 Å². The molecule has 0 atom stereocenters. The monoisotopic (exact) mass is 433 g/mol. The smallest absolute Gasteiger partial charge is 0.145 e. The minimum absolute atomic E-state index is 0.934. The van der Waals surface area contributed by atoms with Crippen molar-refractivity contribution in [2.24, 2.45) is 0 Å². The zero-order valence-electron chi connectivity index (χ0n) is 18.3. The molecule has 0 aliphatic rings. The number of hydrogen-bond donors (Lipinski definition) is 0. The topological polar surface area (TPSA) is 18.1 Å². The quantitative estimate of drug-likeness (QED) is 0.253. The lowest BCUT2D eigenvalue weighted by Crippen LogP contribution is -1.94. The molecule has 0 saturated carbocycles. The van der Waals surface area contributed by atoms with Gasteiger partial charge >= 0.3 is 0 Å². The lowest BCUT2D eigenvalue weighted by Gasteiger charge is -2.11. The molecule has 0 bridgehead atoms. The highest BCUT2D eigenvalue weighted by Gasteiger charge is 2.20. The molecule has 0 amide bonds. The second-order valence-electron chi connectivity index (χ2n) is 8.95. The summed E-state index contributed by atoms with van der Waals surface area (Å²) in [6.07, 6.45) is 0. The summed E-state index contributed by atoms with van der Waals surface area (Å²) in [6, 6.07) is 41.1. The molecule has 8 rings (SSSR count). The maximum absolute atomic E-state index is 6.61. The largest absolute Gasteiger partial charge is 0.455 e. The van der Waals surface area contributed by atoms with Gasteiger partial charge in [0.1, 0.15) is 11.2 Å². The number of benzene rings is 6. The molecule has 0 aliphatic carbocycles. The molecule has 2 heterocycles. The fourth-order valence-electron chi connectivity index (χ4n) is 5.72. The molecule has 0 aliphatic heterocycles. The molecule has 2 heteroatoms. The number of nitrogens with zero attached hydrogens (tertiary/aromatic N) is 1. The molecule has 2 nitrogen and oxygen atoms in total. The van der Waals surface area contributed by atoms with Gasteiger partial charge in [-0.25, -0.2) is 0 Å². The van der Waals surface area contributed by atoms with E-state index in [-0.39, 0.29) is 0 Å². The lowest BCUT2D eigenvalue weighted by atomic mass is 10.0. The summed E-state index contributed by atoms with van der Waals surface area (Å²) in [5, 5.41) is 9.68. The Morgan fingerprint density at radius 1 is 0.441 bits per heavy atom. The van der Waals surface area contributed by atoms with Crippen molar-refractivity contribution in [3.05, 3.63) is 115 Å². The van der Waals surface area contributed by atoms with Gasteiger partial charge in [-0.1, -0.05) is 84.9 Å². The molecule has 0 spiro atoms. The van der Waals surface area contributed by atoms with E-state index in [1.807, 2.05) is 0 Å². The minimum Gasteiger partial charge on any atom is -0.455 e. The number of aromatic nitrogens is 1. The van der Waals surface area contributed by atoms with Crippen molar-refractivity contribution in [2.75, 3.05) is 0 Å². The predicted molar refractivity (Wildman–Crippen MR) is 143 cm³/mol. The van der Waals surface area contributed by atoms with Crippen LogP contribution in [0.25, 0.3) is 71.0 Å². The van der Waals surface area contributed by atoms with Gasteiger partial charge in [0.05, 0.1) is 22.1 Å². The van der Waals surface area contributed by atoms with Crippen molar-refractivity contribution < 1.29 is 4.42 Å². The first-order valence-corrected chi connectivity index (χ1v) is 11.6. The van der Waals surface area contributed by atoms with Crippen molar-refractivity contribution in [2.45, 2.75) is 0 Å². The average Bonchev–Trinajstić information content (AvgIpc) is 3.44. The second-order valence-corrected chi connectivity index (χ2v) is 8.95. The van der Waals surface area contributed by atoms with Crippen LogP contribution in [-0.2, 0) is 0 Å². The molecule has 8 aromatic rings.